The highest BCUT2D eigenvalue weighted by Crippen LogP contribution is 2.38. The number of benzene rings is 1. The Labute approximate surface area is 223 Å². The Morgan fingerprint density at radius 1 is 1.05 bits per heavy atom. The number of hydrogen-bond acceptors (Lipinski definition) is 6. The van der Waals surface area contributed by atoms with Gasteiger partial charge in [-0.15, -0.1) is 0 Å². The van der Waals surface area contributed by atoms with Crippen molar-refractivity contribution in [1.82, 2.24) is 19.4 Å². The van der Waals surface area contributed by atoms with Gasteiger partial charge in [-0.05, 0) is 80.2 Å². The molecule has 6 rings (SSSR count). The van der Waals surface area contributed by atoms with Gasteiger partial charge in [0.25, 0.3) is 5.56 Å². The van der Waals surface area contributed by atoms with E-state index in [0.29, 0.717) is 25.2 Å². The number of aryl methyl sites for hydroxylation is 3. The normalized spacial score (nSPS) is 19.5. The summed E-state index contributed by atoms with van der Waals surface area (Å²) in [5, 5.41) is 20.0. The molecule has 0 bridgehead atoms. The lowest BCUT2D eigenvalue weighted by atomic mass is 9.88. The summed E-state index contributed by atoms with van der Waals surface area (Å²) < 4.78 is 1.69. The van der Waals surface area contributed by atoms with Crippen molar-refractivity contribution in [3.05, 3.63) is 97.5 Å². The average Bonchev–Trinajstić information content (AvgIpc) is 3.10. The van der Waals surface area contributed by atoms with Crippen molar-refractivity contribution in [2.45, 2.75) is 71.1 Å². The number of pyridine rings is 1. The number of piperidine rings is 1. The standard InChI is InChI=1S/C31H36N4O3/c1-20-25(31(38)35-14-3-5-27(37)30(35)33-20)12-17-34-15-10-22(11-16-34)28-26-9-6-21(19-36)18-24(26)8-7-23-4-2-13-32-29(23)28/h2,4,6,9,13,18,27,36-37H,3,5,7-8,10-12,14-17,19H2,1H3. The molecule has 1 aliphatic carbocycles. The van der Waals surface area contributed by atoms with Crippen molar-refractivity contribution in [2.75, 3.05) is 19.6 Å². The minimum Gasteiger partial charge on any atom is -0.392 e. The maximum atomic E-state index is 13.2. The first kappa shape index (κ1) is 25.2. The van der Waals surface area contributed by atoms with E-state index >= 15 is 0 Å². The summed E-state index contributed by atoms with van der Waals surface area (Å²) in [6.07, 6.45) is 7.26. The van der Waals surface area contributed by atoms with Crippen molar-refractivity contribution >= 4 is 5.57 Å². The van der Waals surface area contributed by atoms with E-state index in [-0.39, 0.29) is 12.2 Å². The third kappa shape index (κ3) is 4.64. The van der Waals surface area contributed by atoms with Crippen molar-refractivity contribution in [3.8, 4) is 0 Å². The Hall–Kier alpha value is -3.13. The Morgan fingerprint density at radius 2 is 1.87 bits per heavy atom. The first-order chi connectivity index (χ1) is 18.5. The summed E-state index contributed by atoms with van der Waals surface area (Å²) in [6, 6.07) is 10.6. The molecule has 3 aliphatic rings. The van der Waals surface area contributed by atoms with Crippen LogP contribution in [0.3, 0.4) is 0 Å². The monoisotopic (exact) mass is 512 g/mol. The molecule has 1 atom stereocenters. The molecule has 0 saturated carbocycles. The van der Waals surface area contributed by atoms with E-state index in [1.165, 1.54) is 27.8 Å². The number of fused-ring (bicyclic) bond motifs is 3. The predicted molar refractivity (Wildman–Crippen MR) is 147 cm³/mol. The van der Waals surface area contributed by atoms with Gasteiger partial charge in [0.1, 0.15) is 11.9 Å². The lowest BCUT2D eigenvalue weighted by molar-refractivity contribution is 0.129. The number of aromatic nitrogens is 3. The zero-order valence-electron chi connectivity index (χ0n) is 22.1. The molecule has 7 nitrogen and oxygen atoms in total. The van der Waals surface area contributed by atoms with Crippen LogP contribution in [0.5, 0.6) is 0 Å². The highest BCUT2D eigenvalue weighted by molar-refractivity contribution is 5.84. The van der Waals surface area contributed by atoms with Gasteiger partial charge in [-0.3, -0.25) is 14.3 Å². The molecule has 3 aromatic rings. The lowest BCUT2D eigenvalue weighted by Gasteiger charge is -2.30. The Kier molecular flexibility index (Phi) is 6.99. The van der Waals surface area contributed by atoms with Crippen LogP contribution in [0.25, 0.3) is 5.57 Å². The van der Waals surface area contributed by atoms with Crippen LogP contribution >= 0.6 is 0 Å². The van der Waals surface area contributed by atoms with Crippen LogP contribution in [-0.4, -0.2) is 49.3 Å². The number of hydrogen-bond donors (Lipinski definition) is 2. The van der Waals surface area contributed by atoms with E-state index in [0.717, 1.165) is 74.3 Å². The Balaban J connectivity index is 1.23. The van der Waals surface area contributed by atoms with Gasteiger partial charge in [0, 0.05) is 49.2 Å². The molecular formula is C31H36N4O3. The number of aliphatic hydroxyl groups is 2. The van der Waals surface area contributed by atoms with Crippen molar-refractivity contribution < 1.29 is 10.2 Å². The van der Waals surface area contributed by atoms with E-state index in [1.54, 1.807) is 4.57 Å². The van der Waals surface area contributed by atoms with Crippen molar-refractivity contribution in [1.29, 1.82) is 0 Å². The van der Waals surface area contributed by atoms with Gasteiger partial charge in [0.2, 0.25) is 0 Å². The summed E-state index contributed by atoms with van der Waals surface area (Å²) in [5.41, 5.74) is 10.2. The Bertz CT molecular complexity index is 1450. The fraction of sp³-hybridized carbons (Fsp3) is 0.452. The molecule has 38 heavy (non-hydrogen) atoms. The predicted octanol–water partition coefficient (Wildman–Crippen LogP) is 3.51. The van der Waals surface area contributed by atoms with Gasteiger partial charge >= 0.3 is 0 Å². The summed E-state index contributed by atoms with van der Waals surface area (Å²) in [7, 11) is 0. The highest BCUT2D eigenvalue weighted by Gasteiger charge is 2.26. The molecule has 7 heteroatoms. The first-order valence-electron chi connectivity index (χ1n) is 13.9. The molecule has 0 radical (unpaired) electrons. The van der Waals surface area contributed by atoms with Crippen LogP contribution in [0.15, 0.2) is 46.9 Å². The topological polar surface area (TPSA) is 91.5 Å². The van der Waals surface area contributed by atoms with E-state index in [9.17, 15) is 15.0 Å². The molecule has 0 amide bonds. The van der Waals surface area contributed by atoms with Gasteiger partial charge in [-0.2, -0.15) is 0 Å². The SMILES string of the molecule is Cc1nc2n(c(=O)c1CCN1CCC(=C3c4ccc(CO)cc4CCc4cccnc43)CC1)CCCC2O. The van der Waals surface area contributed by atoms with Crippen molar-refractivity contribution in [3.63, 3.8) is 0 Å². The minimum absolute atomic E-state index is 0.0195. The van der Waals surface area contributed by atoms with Crippen LogP contribution in [0.1, 0.15) is 76.8 Å². The fourth-order valence-corrected chi connectivity index (χ4v) is 6.43. The van der Waals surface area contributed by atoms with Gasteiger partial charge in [-0.25, -0.2) is 4.98 Å². The van der Waals surface area contributed by atoms with Crippen LogP contribution < -0.4 is 5.56 Å². The maximum absolute atomic E-state index is 13.2. The van der Waals surface area contributed by atoms with Crippen molar-refractivity contribution in [2.24, 2.45) is 0 Å². The third-order valence-corrected chi connectivity index (χ3v) is 8.56. The summed E-state index contributed by atoms with van der Waals surface area (Å²) in [4.78, 5) is 25.1. The van der Waals surface area contributed by atoms with Gasteiger partial charge in [-0.1, -0.05) is 29.8 Å². The minimum atomic E-state index is -0.637. The number of aliphatic hydroxyl groups excluding tert-OH is 2. The van der Waals surface area contributed by atoms with Crippen LogP contribution in [-0.2, 0) is 32.4 Å². The molecular weight excluding hydrogens is 476 g/mol. The summed E-state index contributed by atoms with van der Waals surface area (Å²) in [6.45, 7) is 5.32. The van der Waals surface area contributed by atoms with E-state index in [4.69, 9.17) is 4.98 Å². The zero-order chi connectivity index (χ0) is 26.2. The quantitative estimate of drug-likeness (QED) is 0.556. The van der Waals surface area contributed by atoms with E-state index in [1.807, 2.05) is 25.3 Å². The molecule has 198 valence electrons. The zero-order valence-corrected chi connectivity index (χ0v) is 22.1. The molecule has 4 heterocycles. The summed E-state index contributed by atoms with van der Waals surface area (Å²) in [5.74, 6) is 0.528. The highest BCUT2D eigenvalue weighted by atomic mass is 16.3. The van der Waals surface area contributed by atoms with Crippen LogP contribution in [0.2, 0.25) is 0 Å². The number of rotatable bonds is 4. The van der Waals surface area contributed by atoms with Gasteiger partial charge in [0.05, 0.1) is 12.3 Å². The molecule has 2 aliphatic heterocycles. The van der Waals surface area contributed by atoms with Gasteiger partial charge < -0.3 is 15.1 Å². The summed E-state index contributed by atoms with van der Waals surface area (Å²) >= 11 is 0. The van der Waals surface area contributed by atoms with E-state index < -0.39 is 6.10 Å². The molecule has 1 unspecified atom stereocenters. The molecule has 1 saturated heterocycles. The fourth-order valence-electron chi connectivity index (χ4n) is 6.43. The second kappa shape index (κ2) is 10.6. The molecule has 2 aromatic heterocycles. The second-order valence-electron chi connectivity index (χ2n) is 10.9. The first-order valence-corrected chi connectivity index (χ1v) is 13.9. The Morgan fingerprint density at radius 3 is 2.68 bits per heavy atom. The maximum Gasteiger partial charge on any atom is 0.257 e. The third-order valence-electron chi connectivity index (χ3n) is 8.56. The molecule has 1 fully saturated rings. The van der Waals surface area contributed by atoms with E-state index in [2.05, 4.69) is 28.1 Å². The molecule has 2 N–H and O–H groups in total. The lowest BCUT2D eigenvalue weighted by Crippen LogP contribution is -2.37. The number of likely N-dealkylation sites (tertiary alicyclic amines) is 1. The van der Waals surface area contributed by atoms with Gasteiger partial charge in [0.15, 0.2) is 0 Å². The average molecular weight is 513 g/mol. The molecule has 0 spiro atoms. The second-order valence-corrected chi connectivity index (χ2v) is 10.9. The van der Waals surface area contributed by atoms with Crippen LogP contribution in [0.4, 0.5) is 0 Å². The largest absolute Gasteiger partial charge is 0.392 e. The number of nitrogens with zero attached hydrogens (tertiary/aromatic N) is 4. The smallest absolute Gasteiger partial charge is 0.257 e. The van der Waals surface area contributed by atoms with Crippen LogP contribution in [0, 0.1) is 6.92 Å². The molecule has 1 aromatic carbocycles.